The smallest absolute Gasteiger partial charge is 0.412 e. The molecule has 10 nitrogen and oxygen atoms in total. The van der Waals surface area contributed by atoms with Gasteiger partial charge in [0, 0.05) is 37.3 Å². The third-order valence-corrected chi connectivity index (χ3v) is 7.02. The van der Waals surface area contributed by atoms with Crippen LogP contribution < -0.4 is 10.6 Å². The zero-order valence-electron chi connectivity index (χ0n) is 22.0. The number of carbonyl (C=O) groups excluding carboxylic acids is 2. The van der Waals surface area contributed by atoms with E-state index in [0.717, 1.165) is 15.1 Å². The van der Waals surface area contributed by atoms with E-state index < -0.39 is 27.6 Å². The number of anilines is 2. The highest BCUT2D eigenvalue weighted by Gasteiger charge is 2.19. The van der Waals surface area contributed by atoms with E-state index in [-0.39, 0.29) is 4.90 Å². The molecule has 0 atom stereocenters. The summed E-state index contributed by atoms with van der Waals surface area (Å²) in [6, 6.07) is 14.9. The molecule has 2 N–H and O–H groups in total. The molecular weight excluding hydrogens is 518 g/mol. The molecule has 0 aliphatic heterocycles. The number of para-hydroxylation sites is 2. The SMILES string of the molecule is Cn1cc(-c2cccc(S(=O)(=O)n3ccc(/C=C/C(=O)Nc4ccccc4NC(=O)OC(C)(C)C)c3)c2)cn1. The third-order valence-electron chi connectivity index (χ3n) is 5.39. The number of ether oxygens (including phenoxy) is 1. The number of rotatable bonds is 7. The quantitative estimate of drug-likeness (QED) is 0.309. The summed E-state index contributed by atoms with van der Waals surface area (Å²) in [7, 11) is -2.07. The summed E-state index contributed by atoms with van der Waals surface area (Å²) in [5.41, 5.74) is 2.13. The fourth-order valence-corrected chi connectivity index (χ4v) is 4.88. The van der Waals surface area contributed by atoms with Crippen molar-refractivity contribution < 1.29 is 22.7 Å². The summed E-state index contributed by atoms with van der Waals surface area (Å²) in [6.45, 7) is 5.26. The minimum absolute atomic E-state index is 0.127. The Hall–Kier alpha value is -4.64. The highest BCUT2D eigenvalue weighted by molar-refractivity contribution is 7.90. The van der Waals surface area contributed by atoms with Crippen LogP contribution in [0.5, 0.6) is 0 Å². The Morgan fingerprint density at radius 2 is 1.67 bits per heavy atom. The number of hydrogen-bond acceptors (Lipinski definition) is 6. The summed E-state index contributed by atoms with van der Waals surface area (Å²) in [6.07, 6.45) is 8.45. The summed E-state index contributed by atoms with van der Waals surface area (Å²) >= 11 is 0. The summed E-state index contributed by atoms with van der Waals surface area (Å²) in [5, 5.41) is 9.47. The van der Waals surface area contributed by atoms with E-state index >= 15 is 0 Å². The fourth-order valence-electron chi connectivity index (χ4n) is 3.63. The van der Waals surface area contributed by atoms with Gasteiger partial charge in [-0.2, -0.15) is 5.10 Å². The summed E-state index contributed by atoms with van der Waals surface area (Å²) in [5.74, 6) is -0.465. The molecule has 4 aromatic rings. The van der Waals surface area contributed by atoms with Gasteiger partial charge in [-0.05, 0) is 68.3 Å². The molecule has 2 heterocycles. The van der Waals surface area contributed by atoms with Crippen LogP contribution in [0.15, 0.2) is 90.4 Å². The van der Waals surface area contributed by atoms with Crippen molar-refractivity contribution in [2.24, 2.45) is 7.05 Å². The number of aromatic nitrogens is 3. The van der Waals surface area contributed by atoms with Crippen molar-refractivity contribution in [1.82, 2.24) is 13.8 Å². The van der Waals surface area contributed by atoms with Crippen molar-refractivity contribution in [2.75, 3.05) is 10.6 Å². The highest BCUT2D eigenvalue weighted by atomic mass is 32.2. The van der Waals surface area contributed by atoms with Gasteiger partial charge in [-0.15, -0.1) is 0 Å². The lowest BCUT2D eigenvalue weighted by molar-refractivity contribution is -0.111. The molecule has 0 saturated heterocycles. The van der Waals surface area contributed by atoms with Crippen molar-refractivity contribution in [1.29, 1.82) is 0 Å². The van der Waals surface area contributed by atoms with Gasteiger partial charge < -0.3 is 10.1 Å². The van der Waals surface area contributed by atoms with Gasteiger partial charge in [-0.1, -0.05) is 24.3 Å². The van der Waals surface area contributed by atoms with E-state index in [4.69, 9.17) is 4.74 Å². The fraction of sp³-hybridized carbons (Fsp3) is 0.179. The van der Waals surface area contributed by atoms with E-state index in [1.165, 1.54) is 30.6 Å². The molecule has 0 aliphatic carbocycles. The highest BCUT2D eigenvalue weighted by Crippen LogP contribution is 2.24. The molecule has 11 heteroatoms. The molecule has 2 aromatic heterocycles. The molecule has 0 fully saturated rings. The Morgan fingerprint density at radius 3 is 2.33 bits per heavy atom. The van der Waals surface area contributed by atoms with E-state index in [2.05, 4.69) is 15.7 Å². The predicted molar refractivity (Wildman–Crippen MR) is 150 cm³/mol. The second kappa shape index (κ2) is 11.0. The number of nitrogens with one attached hydrogen (secondary N) is 2. The van der Waals surface area contributed by atoms with E-state index in [9.17, 15) is 18.0 Å². The summed E-state index contributed by atoms with van der Waals surface area (Å²) in [4.78, 5) is 24.8. The van der Waals surface area contributed by atoms with Gasteiger partial charge in [-0.3, -0.25) is 14.8 Å². The monoisotopic (exact) mass is 547 g/mol. The summed E-state index contributed by atoms with van der Waals surface area (Å²) < 4.78 is 34.5. The maximum Gasteiger partial charge on any atom is 0.412 e. The minimum atomic E-state index is -3.86. The molecule has 0 radical (unpaired) electrons. The van der Waals surface area contributed by atoms with Gasteiger partial charge >= 0.3 is 6.09 Å². The van der Waals surface area contributed by atoms with Crippen LogP contribution in [0.1, 0.15) is 26.3 Å². The van der Waals surface area contributed by atoms with Crippen LogP contribution in [0.2, 0.25) is 0 Å². The van der Waals surface area contributed by atoms with Crippen molar-refractivity contribution in [2.45, 2.75) is 31.3 Å². The number of hydrogen-bond donors (Lipinski definition) is 2. The molecular formula is C28H29N5O5S. The van der Waals surface area contributed by atoms with E-state index in [0.29, 0.717) is 16.9 Å². The van der Waals surface area contributed by atoms with Gasteiger partial charge in [0.25, 0.3) is 10.0 Å². The molecule has 4 rings (SSSR count). The topological polar surface area (TPSA) is 124 Å². The average Bonchev–Trinajstić information content (AvgIpc) is 3.53. The zero-order valence-corrected chi connectivity index (χ0v) is 22.8. The lowest BCUT2D eigenvalue weighted by Crippen LogP contribution is -2.27. The third kappa shape index (κ3) is 7.02. The Labute approximate surface area is 227 Å². The molecule has 0 spiro atoms. The molecule has 202 valence electrons. The number of nitrogens with zero attached hydrogens (tertiary/aromatic N) is 3. The molecule has 2 aromatic carbocycles. The van der Waals surface area contributed by atoms with Crippen LogP contribution in [0.3, 0.4) is 0 Å². The Morgan fingerprint density at radius 1 is 0.949 bits per heavy atom. The first-order chi connectivity index (χ1) is 18.4. The first-order valence-electron chi connectivity index (χ1n) is 12.0. The average molecular weight is 548 g/mol. The first kappa shape index (κ1) is 27.4. The van der Waals surface area contributed by atoms with Crippen molar-refractivity contribution in [3.8, 4) is 11.1 Å². The zero-order chi connectivity index (χ0) is 28.2. The van der Waals surface area contributed by atoms with Crippen LogP contribution in [0, 0.1) is 0 Å². The second-order valence-electron chi connectivity index (χ2n) is 9.71. The largest absolute Gasteiger partial charge is 0.444 e. The second-order valence-corrected chi connectivity index (χ2v) is 11.5. The number of amides is 2. The van der Waals surface area contributed by atoms with Crippen LogP contribution in [0.25, 0.3) is 17.2 Å². The molecule has 39 heavy (non-hydrogen) atoms. The normalized spacial score (nSPS) is 11.9. The maximum absolute atomic E-state index is 13.2. The van der Waals surface area contributed by atoms with Gasteiger partial charge in [0.15, 0.2) is 0 Å². The Bertz CT molecular complexity index is 1640. The Kier molecular flexibility index (Phi) is 7.73. The molecule has 0 bridgehead atoms. The van der Waals surface area contributed by atoms with Gasteiger partial charge in [-0.25, -0.2) is 17.2 Å². The number of aryl methyl sites for hydroxylation is 1. The van der Waals surface area contributed by atoms with E-state index in [1.807, 2.05) is 6.07 Å². The van der Waals surface area contributed by atoms with Crippen molar-refractivity contribution in [3.63, 3.8) is 0 Å². The van der Waals surface area contributed by atoms with Gasteiger partial charge in [0.1, 0.15) is 5.60 Å². The van der Waals surface area contributed by atoms with Crippen molar-refractivity contribution in [3.05, 3.63) is 91.0 Å². The lowest BCUT2D eigenvalue weighted by Gasteiger charge is -2.20. The molecule has 2 amide bonds. The first-order valence-corrected chi connectivity index (χ1v) is 13.5. The molecule has 0 saturated carbocycles. The van der Waals surface area contributed by atoms with Crippen molar-refractivity contribution >= 4 is 39.5 Å². The van der Waals surface area contributed by atoms with Crippen LogP contribution in [-0.4, -0.2) is 39.8 Å². The van der Waals surface area contributed by atoms with Gasteiger partial charge in [0.05, 0.1) is 22.5 Å². The van der Waals surface area contributed by atoms with Crippen LogP contribution in [-0.2, 0) is 26.6 Å². The minimum Gasteiger partial charge on any atom is -0.444 e. The molecule has 0 aliphatic rings. The number of carbonyl (C=O) groups is 2. The standard InChI is InChI=1S/C28H29N5O5S/c1-28(2,3)38-27(35)31-25-11-6-5-10-24(25)30-26(34)13-12-20-14-15-33(18-20)39(36,37)23-9-7-8-21(16-23)22-17-29-32(4)19-22/h5-19H,1-4H3,(H,30,34)(H,31,35)/b13-12+. The van der Waals surface area contributed by atoms with Crippen LogP contribution >= 0.6 is 0 Å². The van der Waals surface area contributed by atoms with E-state index in [1.54, 1.807) is 87.4 Å². The predicted octanol–water partition coefficient (Wildman–Crippen LogP) is 5.12. The number of benzene rings is 2. The van der Waals surface area contributed by atoms with Crippen LogP contribution in [0.4, 0.5) is 16.2 Å². The van der Waals surface area contributed by atoms with Gasteiger partial charge in [0.2, 0.25) is 5.91 Å². The molecule has 0 unspecified atom stereocenters. The maximum atomic E-state index is 13.2. The Balaban J connectivity index is 1.45. The lowest BCUT2D eigenvalue weighted by atomic mass is 10.1.